The summed E-state index contributed by atoms with van der Waals surface area (Å²) in [6.45, 7) is 1.58. The van der Waals surface area contributed by atoms with Gasteiger partial charge >= 0.3 is 0 Å². The Morgan fingerprint density at radius 1 is 1.44 bits per heavy atom. The molecule has 0 unspecified atom stereocenters. The third-order valence-electron chi connectivity index (χ3n) is 2.53. The van der Waals surface area contributed by atoms with E-state index in [1.54, 1.807) is 13.0 Å². The van der Waals surface area contributed by atoms with E-state index in [-0.39, 0.29) is 12.3 Å². The van der Waals surface area contributed by atoms with Crippen LogP contribution in [0.25, 0.3) is 11.0 Å². The van der Waals surface area contributed by atoms with Crippen LogP contribution in [0.2, 0.25) is 0 Å². The number of carbonyl (C=O) groups excluding carboxylic acids is 2. The van der Waals surface area contributed by atoms with Gasteiger partial charge in [-0.05, 0) is 25.1 Å². The molecule has 0 saturated carbocycles. The van der Waals surface area contributed by atoms with E-state index in [9.17, 15) is 9.59 Å². The molecular weight excluding hydrogens is 300 g/mol. The van der Waals surface area contributed by atoms with Crippen LogP contribution in [0.15, 0.2) is 27.1 Å². The molecule has 0 spiro atoms. The van der Waals surface area contributed by atoms with Crippen molar-refractivity contribution in [1.82, 2.24) is 5.32 Å². The number of nitrogens with one attached hydrogen (secondary N) is 1. The summed E-state index contributed by atoms with van der Waals surface area (Å²) in [4.78, 5) is 22.4. The smallest absolute Gasteiger partial charge is 0.287 e. The molecule has 6 heteroatoms. The lowest BCUT2D eigenvalue weighted by Crippen LogP contribution is -2.33. The largest absolute Gasteiger partial charge is 0.451 e. The molecule has 2 rings (SSSR count). The number of fused-ring (bicyclic) bond motifs is 1. The van der Waals surface area contributed by atoms with Gasteiger partial charge in [0.25, 0.3) is 5.91 Å². The van der Waals surface area contributed by atoms with Crippen LogP contribution in [0.5, 0.6) is 0 Å². The third-order valence-corrected chi connectivity index (χ3v) is 3.02. The first-order valence-corrected chi connectivity index (χ1v) is 6.03. The number of carbonyl (C=O) groups is 2. The van der Waals surface area contributed by atoms with Crippen molar-refractivity contribution < 1.29 is 14.0 Å². The number of nitrogens with two attached hydrogens (primary N) is 1. The second kappa shape index (κ2) is 4.81. The number of aryl methyl sites for hydroxylation is 1. The van der Waals surface area contributed by atoms with Crippen LogP contribution in [0.1, 0.15) is 16.1 Å². The van der Waals surface area contributed by atoms with E-state index in [1.165, 1.54) is 0 Å². The van der Waals surface area contributed by atoms with Crippen molar-refractivity contribution in [3.8, 4) is 0 Å². The van der Waals surface area contributed by atoms with Gasteiger partial charge in [0.05, 0.1) is 6.54 Å². The molecular formula is C12H11BrN2O3. The number of halogens is 1. The van der Waals surface area contributed by atoms with Crippen LogP contribution in [0, 0.1) is 6.92 Å². The van der Waals surface area contributed by atoms with E-state index in [4.69, 9.17) is 10.2 Å². The second-order valence-electron chi connectivity index (χ2n) is 3.85. The zero-order valence-corrected chi connectivity index (χ0v) is 11.2. The highest BCUT2D eigenvalue weighted by molar-refractivity contribution is 9.10. The zero-order chi connectivity index (χ0) is 13.3. The first-order chi connectivity index (χ1) is 8.49. The molecule has 94 valence electrons. The van der Waals surface area contributed by atoms with Crippen LogP contribution >= 0.6 is 15.9 Å². The fraction of sp³-hybridized carbons (Fsp3) is 0.167. The van der Waals surface area contributed by atoms with E-state index < -0.39 is 11.8 Å². The highest BCUT2D eigenvalue weighted by atomic mass is 79.9. The Labute approximate surface area is 111 Å². The molecule has 2 aromatic rings. The Morgan fingerprint density at radius 3 is 2.83 bits per heavy atom. The van der Waals surface area contributed by atoms with Crippen molar-refractivity contribution in [1.29, 1.82) is 0 Å². The summed E-state index contributed by atoms with van der Waals surface area (Å²) < 4.78 is 6.37. The molecule has 0 fully saturated rings. The number of furan rings is 1. The van der Waals surface area contributed by atoms with Gasteiger partial charge in [0.2, 0.25) is 5.91 Å². The Morgan fingerprint density at radius 2 is 2.17 bits per heavy atom. The van der Waals surface area contributed by atoms with Crippen molar-refractivity contribution in [3.05, 3.63) is 34.0 Å². The SMILES string of the molecule is Cc1c(C(=O)NCC(N)=O)oc2ccc(Br)cc12. The summed E-state index contributed by atoms with van der Waals surface area (Å²) in [5, 5.41) is 3.25. The maximum Gasteiger partial charge on any atom is 0.287 e. The maximum absolute atomic E-state index is 11.8. The summed E-state index contributed by atoms with van der Waals surface area (Å²) in [7, 11) is 0. The van der Waals surface area contributed by atoms with Gasteiger partial charge in [0.1, 0.15) is 5.58 Å². The molecule has 0 aliphatic heterocycles. The van der Waals surface area contributed by atoms with Crippen LogP contribution in [0.3, 0.4) is 0 Å². The summed E-state index contributed by atoms with van der Waals surface area (Å²) in [6, 6.07) is 5.48. The maximum atomic E-state index is 11.8. The zero-order valence-electron chi connectivity index (χ0n) is 9.62. The first kappa shape index (κ1) is 12.6. The molecule has 0 aliphatic carbocycles. The second-order valence-corrected chi connectivity index (χ2v) is 4.76. The Balaban J connectivity index is 2.36. The number of rotatable bonds is 3. The number of benzene rings is 1. The van der Waals surface area contributed by atoms with Crippen molar-refractivity contribution >= 4 is 38.7 Å². The minimum Gasteiger partial charge on any atom is -0.451 e. The summed E-state index contributed by atoms with van der Waals surface area (Å²) in [5.74, 6) is -0.845. The lowest BCUT2D eigenvalue weighted by molar-refractivity contribution is -0.117. The standard InChI is InChI=1S/C12H11BrN2O3/c1-6-8-4-7(13)2-3-9(8)18-11(6)12(17)15-5-10(14)16/h2-4H,5H2,1H3,(H2,14,16)(H,15,17). The summed E-state index contributed by atoms with van der Waals surface area (Å²) >= 11 is 3.36. The summed E-state index contributed by atoms with van der Waals surface area (Å²) in [5.41, 5.74) is 6.32. The van der Waals surface area contributed by atoms with Gasteiger partial charge in [-0.25, -0.2) is 0 Å². The van der Waals surface area contributed by atoms with E-state index in [0.29, 0.717) is 5.58 Å². The van der Waals surface area contributed by atoms with Crippen LogP contribution < -0.4 is 11.1 Å². The molecule has 0 bridgehead atoms. The molecule has 0 radical (unpaired) electrons. The molecule has 18 heavy (non-hydrogen) atoms. The van der Waals surface area contributed by atoms with Crippen LogP contribution in [0.4, 0.5) is 0 Å². The number of hydrogen-bond acceptors (Lipinski definition) is 3. The predicted octanol–water partition coefficient (Wildman–Crippen LogP) is 1.72. The molecule has 1 aromatic heterocycles. The van der Waals surface area contributed by atoms with E-state index in [2.05, 4.69) is 21.2 Å². The number of hydrogen-bond donors (Lipinski definition) is 2. The topological polar surface area (TPSA) is 85.3 Å². The molecule has 1 heterocycles. The van der Waals surface area contributed by atoms with E-state index in [1.807, 2.05) is 12.1 Å². The lowest BCUT2D eigenvalue weighted by atomic mass is 10.1. The Hall–Kier alpha value is -1.82. The summed E-state index contributed by atoms with van der Waals surface area (Å²) in [6.07, 6.45) is 0. The van der Waals surface area contributed by atoms with Crippen molar-refractivity contribution in [2.24, 2.45) is 5.73 Å². The number of primary amides is 1. The van der Waals surface area contributed by atoms with Gasteiger partial charge < -0.3 is 15.5 Å². The van der Waals surface area contributed by atoms with Crippen molar-refractivity contribution in [2.45, 2.75) is 6.92 Å². The van der Waals surface area contributed by atoms with Gasteiger partial charge in [-0.15, -0.1) is 0 Å². The highest BCUT2D eigenvalue weighted by Gasteiger charge is 2.17. The minimum atomic E-state index is -0.597. The predicted molar refractivity (Wildman–Crippen MR) is 70.2 cm³/mol. The number of amides is 2. The van der Waals surface area contributed by atoms with Crippen LogP contribution in [-0.4, -0.2) is 18.4 Å². The first-order valence-electron chi connectivity index (χ1n) is 5.24. The molecule has 5 nitrogen and oxygen atoms in total. The molecule has 0 saturated heterocycles. The fourth-order valence-corrected chi connectivity index (χ4v) is 2.02. The Bertz CT molecular complexity index is 634. The van der Waals surface area contributed by atoms with Gasteiger partial charge in [0, 0.05) is 15.4 Å². The van der Waals surface area contributed by atoms with E-state index >= 15 is 0 Å². The van der Waals surface area contributed by atoms with Crippen molar-refractivity contribution in [3.63, 3.8) is 0 Å². The molecule has 0 aliphatic rings. The molecule has 3 N–H and O–H groups in total. The molecule has 2 amide bonds. The Kier molecular flexibility index (Phi) is 3.38. The van der Waals surface area contributed by atoms with Gasteiger partial charge in [-0.3, -0.25) is 9.59 Å². The normalized spacial score (nSPS) is 10.6. The lowest BCUT2D eigenvalue weighted by Gasteiger charge is -1.99. The van der Waals surface area contributed by atoms with E-state index in [0.717, 1.165) is 15.4 Å². The van der Waals surface area contributed by atoms with Gasteiger partial charge in [-0.1, -0.05) is 15.9 Å². The van der Waals surface area contributed by atoms with Gasteiger partial charge in [0.15, 0.2) is 5.76 Å². The highest BCUT2D eigenvalue weighted by Crippen LogP contribution is 2.27. The molecule has 0 atom stereocenters. The van der Waals surface area contributed by atoms with Crippen LogP contribution in [-0.2, 0) is 4.79 Å². The quantitative estimate of drug-likeness (QED) is 0.905. The third kappa shape index (κ3) is 2.38. The average Bonchev–Trinajstić information content (AvgIpc) is 2.64. The monoisotopic (exact) mass is 310 g/mol. The van der Waals surface area contributed by atoms with Gasteiger partial charge in [-0.2, -0.15) is 0 Å². The molecule has 1 aromatic carbocycles. The fourth-order valence-electron chi connectivity index (χ4n) is 1.66. The van der Waals surface area contributed by atoms with Crippen molar-refractivity contribution in [2.75, 3.05) is 6.54 Å². The minimum absolute atomic E-state index is 0.198. The average molecular weight is 311 g/mol.